The van der Waals surface area contributed by atoms with Crippen molar-refractivity contribution >= 4 is 27.3 Å². The van der Waals surface area contributed by atoms with Crippen LogP contribution in [0.1, 0.15) is 41.5 Å². The van der Waals surface area contributed by atoms with Gasteiger partial charge >= 0.3 is 0 Å². The predicted molar refractivity (Wildman–Crippen MR) is 105 cm³/mol. The van der Waals surface area contributed by atoms with Crippen LogP contribution >= 0.6 is 0 Å². The van der Waals surface area contributed by atoms with Gasteiger partial charge in [0, 0.05) is 11.1 Å². The van der Waals surface area contributed by atoms with Gasteiger partial charge in [0.2, 0.25) is 10.0 Å². The molecule has 0 bridgehead atoms. The van der Waals surface area contributed by atoms with Crippen molar-refractivity contribution in [3.05, 3.63) is 24.3 Å². The molecule has 0 aliphatic carbocycles. The lowest BCUT2D eigenvalue weighted by Crippen LogP contribution is -2.47. The second-order valence-electron chi connectivity index (χ2n) is 7.08. The summed E-state index contributed by atoms with van der Waals surface area (Å²) in [5.41, 5.74) is 3.39. The van der Waals surface area contributed by atoms with Gasteiger partial charge in [-0.2, -0.15) is 5.10 Å². The molecule has 146 valence electrons. The van der Waals surface area contributed by atoms with E-state index in [-0.39, 0.29) is 5.41 Å². The van der Waals surface area contributed by atoms with Gasteiger partial charge in [-0.15, -0.1) is 0 Å². The van der Waals surface area contributed by atoms with Crippen LogP contribution in [0.4, 0.5) is 5.69 Å². The zero-order chi connectivity index (χ0) is 20.1. The molecule has 1 atom stereocenters. The third-order valence-corrected chi connectivity index (χ3v) is 5.15. The molecule has 0 aliphatic rings. The Bertz CT molecular complexity index is 750. The Morgan fingerprint density at radius 3 is 2.23 bits per heavy atom. The normalized spacial score (nSPS) is 13.9. The van der Waals surface area contributed by atoms with Crippen molar-refractivity contribution in [1.29, 1.82) is 0 Å². The lowest BCUT2D eigenvalue weighted by Gasteiger charge is -2.28. The molecule has 0 saturated heterocycles. The van der Waals surface area contributed by atoms with E-state index in [9.17, 15) is 13.2 Å². The molecule has 1 amide bonds. The third kappa shape index (κ3) is 6.01. The molecule has 0 spiro atoms. The molecule has 0 fully saturated rings. The van der Waals surface area contributed by atoms with Crippen molar-refractivity contribution in [3.63, 3.8) is 0 Å². The van der Waals surface area contributed by atoms with Crippen LogP contribution in [0.2, 0.25) is 0 Å². The fourth-order valence-electron chi connectivity index (χ4n) is 2.06. The first-order valence-electron chi connectivity index (χ1n) is 8.44. The van der Waals surface area contributed by atoms with Crippen LogP contribution in [0.3, 0.4) is 0 Å². The summed E-state index contributed by atoms with van der Waals surface area (Å²) in [7, 11) is -3.67. The Labute approximate surface area is 156 Å². The van der Waals surface area contributed by atoms with Gasteiger partial charge in [-0.25, -0.2) is 13.8 Å². The minimum atomic E-state index is -3.67. The molecule has 0 saturated carbocycles. The summed E-state index contributed by atoms with van der Waals surface area (Å²) in [4.78, 5) is 12.5. The zero-order valence-electron chi connectivity index (χ0n) is 16.5. The molecular formula is C18H29N3O4S. The van der Waals surface area contributed by atoms with E-state index in [1.54, 1.807) is 24.3 Å². The Morgan fingerprint density at radius 2 is 1.81 bits per heavy atom. The fourth-order valence-corrected chi connectivity index (χ4v) is 3.24. The number of hydrogen-bond donors (Lipinski definition) is 1. The summed E-state index contributed by atoms with van der Waals surface area (Å²) in [6.07, 6.45) is 1.07. The van der Waals surface area contributed by atoms with Crippen LogP contribution < -0.4 is 14.5 Å². The van der Waals surface area contributed by atoms with E-state index in [1.807, 2.05) is 34.6 Å². The molecule has 26 heavy (non-hydrogen) atoms. The maximum atomic E-state index is 12.5. The molecule has 1 N–H and O–H groups in total. The molecule has 0 radical (unpaired) electrons. The van der Waals surface area contributed by atoms with Gasteiger partial charge in [0.05, 0.1) is 18.6 Å². The first kappa shape index (κ1) is 22.0. The Kier molecular flexibility index (Phi) is 7.20. The second-order valence-corrected chi connectivity index (χ2v) is 8.94. The minimum absolute atomic E-state index is 0.192. The lowest BCUT2D eigenvalue weighted by molar-refractivity contribution is -0.121. The number of carbonyl (C=O) groups is 1. The zero-order valence-corrected chi connectivity index (χ0v) is 17.3. The highest BCUT2D eigenvalue weighted by Gasteiger charge is 2.29. The molecule has 0 heterocycles. The van der Waals surface area contributed by atoms with E-state index in [1.165, 1.54) is 6.92 Å². The molecule has 0 aromatic heterocycles. The first-order valence-corrected chi connectivity index (χ1v) is 10.3. The Balaban J connectivity index is 3.08. The molecule has 8 heteroatoms. The monoisotopic (exact) mass is 383 g/mol. The van der Waals surface area contributed by atoms with Crippen molar-refractivity contribution in [3.8, 4) is 5.75 Å². The highest BCUT2D eigenvalue weighted by molar-refractivity contribution is 7.92. The van der Waals surface area contributed by atoms with Crippen LogP contribution in [-0.4, -0.2) is 38.9 Å². The number of hydrogen-bond acceptors (Lipinski definition) is 5. The number of amides is 1. The van der Waals surface area contributed by atoms with Gasteiger partial charge in [0.1, 0.15) is 11.8 Å². The predicted octanol–water partition coefficient (Wildman–Crippen LogP) is 2.78. The lowest BCUT2D eigenvalue weighted by atomic mass is 9.91. The summed E-state index contributed by atoms with van der Waals surface area (Å²) >= 11 is 0. The standard InChI is InChI=1S/C18H29N3O4S/c1-8-25-16-11-9-15(10-12-16)21(26(7,23)24)13(2)17(22)20-19-14(3)18(4,5)6/h9-13H,8H2,1-7H3,(H,20,22)/b19-14-/t13-/m0/s1. The van der Waals surface area contributed by atoms with Crippen molar-refractivity contribution in [2.24, 2.45) is 10.5 Å². The number of nitrogens with zero attached hydrogens (tertiary/aromatic N) is 2. The number of anilines is 1. The van der Waals surface area contributed by atoms with E-state index in [4.69, 9.17) is 4.74 Å². The van der Waals surface area contributed by atoms with Gasteiger partial charge in [0.15, 0.2) is 0 Å². The average molecular weight is 384 g/mol. The molecule has 1 aromatic carbocycles. The number of ether oxygens (including phenoxy) is 1. The largest absolute Gasteiger partial charge is 0.494 e. The highest BCUT2D eigenvalue weighted by Crippen LogP contribution is 2.24. The summed E-state index contributed by atoms with van der Waals surface area (Å²) in [6.45, 7) is 11.6. The Hall–Kier alpha value is -2.09. The average Bonchev–Trinajstić information content (AvgIpc) is 2.52. The van der Waals surface area contributed by atoms with E-state index in [0.717, 1.165) is 16.3 Å². The van der Waals surface area contributed by atoms with Crippen LogP contribution in [0.25, 0.3) is 0 Å². The maximum Gasteiger partial charge on any atom is 0.263 e. The molecule has 0 unspecified atom stereocenters. The van der Waals surface area contributed by atoms with E-state index in [0.29, 0.717) is 18.0 Å². The number of carbonyl (C=O) groups excluding carboxylic acids is 1. The van der Waals surface area contributed by atoms with Crippen molar-refractivity contribution in [2.75, 3.05) is 17.2 Å². The topological polar surface area (TPSA) is 88.1 Å². The van der Waals surface area contributed by atoms with E-state index in [2.05, 4.69) is 10.5 Å². The third-order valence-electron chi connectivity index (χ3n) is 3.91. The van der Waals surface area contributed by atoms with Crippen LogP contribution in [-0.2, 0) is 14.8 Å². The second kappa shape index (κ2) is 8.53. The summed E-state index contributed by atoms with van der Waals surface area (Å²) in [6, 6.07) is 5.60. The molecule has 7 nitrogen and oxygen atoms in total. The number of sulfonamides is 1. The molecule has 0 aliphatic heterocycles. The highest BCUT2D eigenvalue weighted by atomic mass is 32.2. The van der Waals surface area contributed by atoms with Crippen LogP contribution in [0, 0.1) is 5.41 Å². The SMILES string of the molecule is CCOc1ccc(N([C@@H](C)C(=O)N/N=C(/C)C(C)(C)C)S(C)(=O)=O)cc1. The number of nitrogens with one attached hydrogen (secondary N) is 1. The molecular weight excluding hydrogens is 354 g/mol. The summed E-state index contributed by atoms with van der Waals surface area (Å²) in [5, 5.41) is 4.09. The smallest absolute Gasteiger partial charge is 0.263 e. The van der Waals surface area contributed by atoms with Gasteiger partial charge in [-0.1, -0.05) is 20.8 Å². The van der Waals surface area contributed by atoms with Crippen molar-refractivity contribution in [2.45, 2.75) is 47.6 Å². The van der Waals surface area contributed by atoms with Gasteiger partial charge in [-0.3, -0.25) is 9.10 Å². The van der Waals surface area contributed by atoms with Crippen LogP contribution in [0.5, 0.6) is 5.75 Å². The fraction of sp³-hybridized carbons (Fsp3) is 0.556. The van der Waals surface area contributed by atoms with E-state index >= 15 is 0 Å². The summed E-state index contributed by atoms with van der Waals surface area (Å²) in [5.74, 6) is 0.125. The number of benzene rings is 1. The van der Waals surface area contributed by atoms with Crippen molar-refractivity contribution < 1.29 is 17.9 Å². The summed E-state index contributed by atoms with van der Waals surface area (Å²) < 4.78 is 31.0. The van der Waals surface area contributed by atoms with Gasteiger partial charge < -0.3 is 4.74 Å². The minimum Gasteiger partial charge on any atom is -0.494 e. The number of hydrazone groups is 1. The first-order chi connectivity index (χ1) is 11.9. The van der Waals surface area contributed by atoms with Crippen LogP contribution in [0.15, 0.2) is 29.4 Å². The molecule has 1 aromatic rings. The van der Waals surface area contributed by atoms with Gasteiger partial charge in [0.25, 0.3) is 5.91 Å². The number of rotatable bonds is 7. The van der Waals surface area contributed by atoms with E-state index < -0.39 is 22.0 Å². The van der Waals surface area contributed by atoms with Gasteiger partial charge in [-0.05, 0) is 45.0 Å². The quantitative estimate of drug-likeness (QED) is 0.579. The van der Waals surface area contributed by atoms with Crippen molar-refractivity contribution in [1.82, 2.24) is 5.43 Å². The molecule has 1 rings (SSSR count). The maximum absolute atomic E-state index is 12.5. The Morgan fingerprint density at radius 1 is 1.27 bits per heavy atom.